The number of halogens is 1. The van der Waals surface area contributed by atoms with Crippen molar-refractivity contribution in [1.29, 1.82) is 0 Å². The normalized spacial score (nSPS) is 11.0. The maximum atomic E-state index is 13.0. The number of rotatable bonds is 8. The van der Waals surface area contributed by atoms with Gasteiger partial charge in [0.05, 0.1) is 36.0 Å². The molecular weight excluding hydrogens is 540 g/mol. The van der Waals surface area contributed by atoms with E-state index in [9.17, 15) is 9.59 Å². The highest BCUT2D eigenvalue weighted by molar-refractivity contribution is 6.30. The molecule has 0 saturated carbocycles. The van der Waals surface area contributed by atoms with Gasteiger partial charge in [0.15, 0.2) is 0 Å². The molecule has 41 heavy (non-hydrogen) atoms. The van der Waals surface area contributed by atoms with E-state index in [2.05, 4.69) is 0 Å². The van der Waals surface area contributed by atoms with Gasteiger partial charge in [0.2, 0.25) is 0 Å². The van der Waals surface area contributed by atoms with Crippen LogP contribution in [0, 0.1) is 13.8 Å². The van der Waals surface area contributed by atoms with Crippen LogP contribution in [0.1, 0.15) is 46.0 Å². The van der Waals surface area contributed by atoms with Crippen molar-refractivity contribution in [3.8, 4) is 33.9 Å². The zero-order valence-electron chi connectivity index (χ0n) is 23.2. The molecule has 0 radical (unpaired) electrons. The van der Waals surface area contributed by atoms with Gasteiger partial charge in [-0.05, 0) is 64.1 Å². The summed E-state index contributed by atoms with van der Waals surface area (Å²) in [6.45, 7) is 7.71. The topological polar surface area (TPSA) is 88.2 Å². The molecule has 9 heteroatoms. The van der Waals surface area contributed by atoms with Crippen LogP contribution in [0.2, 0.25) is 5.02 Å². The Labute approximate surface area is 243 Å². The smallest absolute Gasteiger partial charge is 0.342 e. The Morgan fingerprint density at radius 3 is 1.49 bits per heavy atom. The SMILES string of the molecule is CCOC(=O)c1c(-c2ccc(-c3nn(-c4ccc(Cl)cc4)c(C)c3C(=O)OCC)cc2)nn(-c2ccccc2)c1C. The molecule has 0 unspecified atom stereocenters. The monoisotopic (exact) mass is 568 g/mol. The van der Waals surface area contributed by atoms with Gasteiger partial charge < -0.3 is 9.47 Å². The van der Waals surface area contributed by atoms with Crippen LogP contribution >= 0.6 is 11.6 Å². The largest absolute Gasteiger partial charge is 0.462 e. The predicted molar refractivity (Wildman–Crippen MR) is 158 cm³/mol. The summed E-state index contributed by atoms with van der Waals surface area (Å²) in [6.07, 6.45) is 0. The van der Waals surface area contributed by atoms with Crippen molar-refractivity contribution in [3.63, 3.8) is 0 Å². The van der Waals surface area contributed by atoms with Gasteiger partial charge in [0.1, 0.15) is 22.5 Å². The maximum Gasteiger partial charge on any atom is 0.342 e. The van der Waals surface area contributed by atoms with Crippen molar-refractivity contribution in [2.75, 3.05) is 13.2 Å². The molecule has 0 aliphatic heterocycles. The molecule has 0 atom stereocenters. The fourth-order valence-electron chi connectivity index (χ4n) is 4.74. The number of para-hydroxylation sites is 1. The molecule has 0 aliphatic carbocycles. The fraction of sp³-hybridized carbons (Fsp3) is 0.188. The van der Waals surface area contributed by atoms with Crippen LogP contribution < -0.4 is 0 Å². The van der Waals surface area contributed by atoms with E-state index in [4.69, 9.17) is 31.3 Å². The van der Waals surface area contributed by atoms with Crippen LogP contribution in [-0.4, -0.2) is 44.7 Å². The maximum absolute atomic E-state index is 13.0. The molecule has 0 saturated heterocycles. The first-order chi connectivity index (χ1) is 19.8. The third-order valence-electron chi connectivity index (χ3n) is 6.70. The van der Waals surface area contributed by atoms with Crippen LogP contribution in [-0.2, 0) is 9.47 Å². The van der Waals surface area contributed by atoms with Crippen LogP contribution in [0.4, 0.5) is 0 Å². The minimum Gasteiger partial charge on any atom is -0.462 e. The molecule has 8 nitrogen and oxygen atoms in total. The Hall–Kier alpha value is -4.69. The molecular formula is C32H29ClN4O4. The van der Waals surface area contributed by atoms with Crippen LogP contribution in [0.15, 0.2) is 78.9 Å². The molecule has 0 amide bonds. The number of esters is 2. The van der Waals surface area contributed by atoms with E-state index in [-0.39, 0.29) is 13.2 Å². The number of carbonyl (C=O) groups excluding carboxylic acids is 2. The third-order valence-corrected chi connectivity index (χ3v) is 6.95. The number of ether oxygens (including phenoxy) is 2. The van der Waals surface area contributed by atoms with Crippen molar-refractivity contribution >= 4 is 23.5 Å². The lowest BCUT2D eigenvalue weighted by atomic mass is 10.0. The summed E-state index contributed by atoms with van der Waals surface area (Å²) in [7, 11) is 0. The Morgan fingerprint density at radius 1 is 0.659 bits per heavy atom. The zero-order chi connectivity index (χ0) is 29.1. The number of hydrogen-bond donors (Lipinski definition) is 0. The summed E-state index contributed by atoms with van der Waals surface area (Å²) >= 11 is 6.08. The summed E-state index contributed by atoms with van der Waals surface area (Å²) in [5.74, 6) is -0.890. The van der Waals surface area contributed by atoms with Crippen LogP contribution in [0.3, 0.4) is 0 Å². The van der Waals surface area contributed by atoms with Gasteiger partial charge in [0, 0.05) is 16.1 Å². The van der Waals surface area contributed by atoms with E-state index in [1.54, 1.807) is 35.3 Å². The summed E-state index contributed by atoms with van der Waals surface area (Å²) in [5.41, 5.74) is 6.13. The van der Waals surface area contributed by atoms with Crippen LogP contribution in [0.5, 0.6) is 0 Å². The standard InChI is InChI=1S/C32H29ClN4O4/c1-5-40-31(38)27-20(3)36(25-10-8-7-9-11-25)34-29(27)22-12-14-23(15-13-22)30-28(32(39)41-6-2)21(4)37(35-30)26-18-16-24(33)17-19-26/h7-19H,5-6H2,1-4H3. The lowest BCUT2D eigenvalue weighted by Crippen LogP contribution is -2.08. The Morgan fingerprint density at radius 2 is 1.07 bits per heavy atom. The second-order valence-electron chi connectivity index (χ2n) is 9.27. The number of carbonyl (C=O) groups is 2. The first-order valence-corrected chi connectivity index (χ1v) is 13.7. The zero-order valence-corrected chi connectivity index (χ0v) is 24.0. The van der Waals surface area contributed by atoms with Gasteiger partial charge in [-0.25, -0.2) is 19.0 Å². The summed E-state index contributed by atoms with van der Waals surface area (Å²) < 4.78 is 14.2. The molecule has 5 rings (SSSR count). The first kappa shape index (κ1) is 27.9. The van der Waals surface area contributed by atoms with Gasteiger partial charge in [-0.15, -0.1) is 0 Å². The lowest BCUT2D eigenvalue weighted by molar-refractivity contribution is 0.0516. The Bertz CT molecular complexity index is 1710. The molecule has 208 valence electrons. The molecule has 0 N–H and O–H groups in total. The second-order valence-corrected chi connectivity index (χ2v) is 9.71. The second kappa shape index (κ2) is 11.8. The van der Waals surface area contributed by atoms with Crippen molar-refractivity contribution in [1.82, 2.24) is 19.6 Å². The van der Waals surface area contributed by atoms with Crippen molar-refractivity contribution in [3.05, 3.63) is 106 Å². The van der Waals surface area contributed by atoms with E-state index >= 15 is 0 Å². The van der Waals surface area contributed by atoms with Crippen molar-refractivity contribution in [2.24, 2.45) is 0 Å². The molecule has 2 heterocycles. The van der Waals surface area contributed by atoms with E-state index in [0.717, 1.165) is 16.9 Å². The van der Waals surface area contributed by atoms with E-state index < -0.39 is 11.9 Å². The van der Waals surface area contributed by atoms with Gasteiger partial charge in [-0.2, -0.15) is 10.2 Å². The highest BCUT2D eigenvalue weighted by atomic mass is 35.5. The fourth-order valence-corrected chi connectivity index (χ4v) is 4.87. The highest BCUT2D eigenvalue weighted by Gasteiger charge is 2.26. The molecule has 0 fully saturated rings. The van der Waals surface area contributed by atoms with E-state index in [1.807, 2.05) is 80.6 Å². The van der Waals surface area contributed by atoms with Gasteiger partial charge in [-0.3, -0.25) is 0 Å². The van der Waals surface area contributed by atoms with E-state index in [1.165, 1.54) is 0 Å². The minimum atomic E-state index is -0.453. The van der Waals surface area contributed by atoms with Gasteiger partial charge >= 0.3 is 11.9 Å². The van der Waals surface area contributed by atoms with Crippen LogP contribution in [0.25, 0.3) is 33.9 Å². The average Bonchev–Trinajstić information content (AvgIpc) is 3.51. The summed E-state index contributed by atoms with van der Waals surface area (Å²) in [4.78, 5) is 26.1. The highest BCUT2D eigenvalue weighted by Crippen LogP contribution is 2.32. The number of aromatic nitrogens is 4. The number of hydrogen-bond acceptors (Lipinski definition) is 6. The summed E-state index contributed by atoms with van der Waals surface area (Å²) in [5, 5.41) is 10.2. The van der Waals surface area contributed by atoms with Gasteiger partial charge in [-0.1, -0.05) is 54.1 Å². The van der Waals surface area contributed by atoms with Crippen molar-refractivity contribution in [2.45, 2.75) is 27.7 Å². The molecule has 2 aromatic heterocycles. The average molecular weight is 569 g/mol. The summed E-state index contributed by atoms with van der Waals surface area (Å²) in [6, 6.07) is 24.3. The minimum absolute atomic E-state index is 0.239. The third kappa shape index (κ3) is 5.38. The molecule has 0 spiro atoms. The number of nitrogens with zero attached hydrogens (tertiary/aromatic N) is 4. The quantitative estimate of drug-likeness (QED) is 0.187. The Balaban J connectivity index is 1.61. The molecule has 3 aromatic carbocycles. The van der Waals surface area contributed by atoms with E-state index in [0.29, 0.717) is 44.5 Å². The predicted octanol–water partition coefficient (Wildman–Crippen LogP) is 7.02. The molecule has 0 aliphatic rings. The lowest BCUT2D eigenvalue weighted by Gasteiger charge is -2.06. The first-order valence-electron chi connectivity index (χ1n) is 13.3. The van der Waals surface area contributed by atoms with Gasteiger partial charge in [0.25, 0.3) is 0 Å². The molecule has 5 aromatic rings. The number of benzene rings is 3. The molecule has 0 bridgehead atoms. The van der Waals surface area contributed by atoms with Crippen molar-refractivity contribution < 1.29 is 19.1 Å². The Kier molecular flexibility index (Phi) is 8.03.